The largest absolute Gasteiger partial charge is 0.337 e. The number of imide groups is 1. The third kappa shape index (κ3) is 3.44. The van der Waals surface area contributed by atoms with Crippen LogP contribution in [-0.4, -0.2) is 27.0 Å². The summed E-state index contributed by atoms with van der Waals surface area (Å²) in [6.45, 7) is 5.69. The Morgan fingerprint density at radius 1 is 1.27 bits per heavy atom. The minimum absolute atomic E-state index is 0.101. The standard InChI is InChI=1S/C18H21FN4O3/c1-11(2)4-9-14-20-15(26-22-14)10-23-16(24)18(3,21-17(23)25)12-5-7-13(19)8-6-12/h5-8,11H,4,9-10H2,1-3H3,(H,21,25). The van der Waals surface area contributed by atoms with E-state index in [1.54, 1.807) is 6.92 Å². The van der Waals surface area contributed by atoms with Crippen molar-refractivity contribution in [1.29, 1.82) is 0 Å². The molecule has 1 aromatic carbocycles. The van der Waals surface area contributed by atoms with Gasteiger partial charge in [0.05, 0.1) is 0 Å². The summed E-state index contributed by atoms with van der Waals surface area (Å²) in [6, 6.07) is 4.91. The normalized spacial score (nSPS) is 20.1. The number of hydrogen-bond donors (Lipinski definition) is 1. The van der Waals surface area contributed by atoms with Gasteiger partial charge in [0, 0.05) is 6.42 Å². The Hall–Kier alpha value is -2.77. The molecule has 26 heavy (non-hydrogen) atoms. The van der Waals surface area contributed by atoms with E-state index in [1.165, 1.54) is 24.3 Å². The van der Waals surface area contributed by atoms with Gasteiger partial charge in [0.25, 0.3) is 5.91 Å². The molecule has 0 spiro atoms. The van der Waals surface area contributed by atoms with Crippen LogP contribution in [0.1, 0.15) is 44.5 Å². The van der Waals surface area contributed by atoms with Crippen LogP contribution in [0.25, 0.3) is 0 Å². The van der Waals surface area contributed by atoms with Crippen molar-refractivity contribution in [3.63, 3.8) is 0 Å². The summed E-state index contributed by atoms with van der Waals surface area (Å²) in [4.78, 5) is 30.4. The van der Waals surface area contributed by atoms with Crippen molar-refractivity contribution in [2.24, 2.45) is 5.92 Å². The van der Waals surface area contributed by atoms with Gasteiger partial charge < -0.3 is 9.84 Å². The van der Waals surface area contributed by atoms with Gasteiger partial charge >= 0.3 is 6.03 Å². The van der Waals surface area contributed by atoms with E-state index in [2.05, 4.69) is 29.3 Å². The minimum Gasteiger partial charge on any atom is -0.337 e. The summed E-state index contributed by atoms with van der Waals surface area (Å²) < 4.78 is 18.3. The maximum absolute atomic E-state index is 13.1. The number of amides is 3. The van der Waals surface area contributed by atoms with E-state index < -0.39 is 23.3 Å². The van der Waals surface area contributed by atoms with Crippen LogP contribution < -0.4 is 5.32 Å². The highest BCUT2D eigenvalue weighted by Crippen LogP contribution is 2.29. The molecule has 3 amide bonds. The predicted octanol–water partition coefficient (Wildman–Crippen LogP) is 2.76. The summed E-state index contributed by atoms with van der Waals surface area (Å²) in [5.41, 5.74) is -0.756. The second-order valence-corrected chi connectivity index (χ2v) is 6.99. The van der Waals surface area contributed by atoms with Crippen LogP contribution >= 0.6 is 0 Å². The van der Waals surface area contributed by atoms with Gasteiger partial charge in [-0.05, 0) is 37.0 Å². The molecule has 8 heteroatoms. The van der Waals surface area contributed by atoms with E-state index in [0.29, 0.717) is 23.7 Å². The molecular weight excluding hydrogens is 339 g/mol. The van der Waals surface area contributed by atoms with Crippen LogP contribution in [0.3, 0.4) is 0 Å². The van der Waals surface area contributed by atoms with Crippen molar-refractivity contribution < 1.29 is 18.5 Å². The van der Waals surface area contributed by atoms with Crippen molar-refractivity contribution in [3.8, 4) is 0 Å². The molecule has 0 saturated carbocycles. The molecule has 1 aromatic heterocycles. The SMILES string of the molecule is CC(C)CCc1noc(CN2C(=O)NC(C)(c3ccc(F)cc3)C2=O)n1. The smallest absolute Gasteiger partial charge is 0.325 e. The van der Waals surface area contributed by atoms with E-state index >= 15 is 0 Å². The van der Waals surface area contributed by atoms with Gasteiger partial charge in [0.1, 0.15) is 17.9 Å². The molecule has 1 aliphatic rings. The Morgan fingerprint density at radius 2 is 1.96 bits per heavy atom. The van der Waals surface area contributed by atoms with Gasteiger partial charge in [-0.3, -0.25) is 9.69 Å². The topological polar surface area (TPSA) is 88.3 Å². The molecule has 2 heterocycles. The Balaban J connectivity index is 1.74. The molecule has 0 bridgehead atoms. The first-order valence-corrected chi connectivity index (χ1v) is 8.51. The Morgan fingerprint density at radius 3 is 2.62 bits per heavy atom. The van der Waals surface area contributed by atoms with E-state index in [4.69, 9.17) is 4.52 Å². The van der Waals surface area contributed by atoms with E-state index in [9.17, 15) is 14.0 Å². The highest BCUT2D eigenvalue weighted by atomic mass is 19.1. The number of benzene rings is 1. The van der Waals surface area contributed by atoms with Crippen LogP contribution in [0.5, 0.6) is 0 Å². The Labute approximate surface area is 150 Å². The monoisotopic (exact) mass is 360 g/mol. The minimum atomic E-state index is -1.26. The van der Waals surface area contributed by atoms with E-state index in [1.807, 2.05) is 0 Å². The molecule has 3 rings (SSSR count). The van der Waals surface area contributed by atoms with Crippen molar-refractivity contribution >= 4 is 11.9 Å². The number of urea groups is 1. The van der Waals surface area contributed by atoms with Crippen molar-refractivity contribution in [2.45, 2.75) is 45.7 Å². The second-order valence-electron chi connectivity index (χ2n) is 6.99. The van der Waals surface area contributed by atoms with E-state index in [-0.39, 0.29) is 12.4 Å². The lowest BCUT2D eigenvalue weighted by Gasteiger charge is -2.21. The average molecular weight is 360 g/mol. The molecule has 1 unspecified atom stereocenters. The molecule has 1 aliphatic heterocycles. The summed E-state index contributed by atoms with van der Waals surface area (Å²) in [6.07, 6.45) is 1.60. The predicted molar refractivity (Wildman–Crippen MR) is 90.3 cm³/mol. The second kappa shape index (κ2) is 6.86. The number of carbonyl (C=O) groups is 2. The van der Waals surface area contributed by atoms with Gasteiger partial charge in [-0.2, -0.15) is 4.98 Å². The van der Waals surface area contributed by atoms with Crippen LogP contribution in [0, 0.1) is 11.7 Å². The molecule has 138 valence electrons. The molecule has 1 saturated heterocycles. The zero-order valence-corrected chi connectivity index (χ0v) is 15.0. The number of nitrogens with one attached hydrogen (secondary N) is 1. The summed E-state index contributed by atoms with van der Waals surface area (Å²) in [5.74, 6) is 0.416. The third-order valence-electron chi connectivity index (χ3n) is 4.45. The highest BCUT2D eigenvalue weighted by Gasteiger charge is 2.49. The van der Waals surface area contributed by atoms with Crippen LogP contribution in [-0.2, 0) is 23.3 Å². The fourth-order valence-electron chi connectivity index (χ4n) is 2.83. The lowest BCUT2D eigenvalue weighted by Crippen LogP contribution is -2.40. The summed E-state index contributed by atoms with van der Waals surface area (Å²) in [7, 11) is 0. The molecule has 0 radical (unpaired) electrons. The maximum atomic E-state index is 13.1. The molecule has 1 N–H and O–H groups in total. The quantitative estimate of drug-likeness (QED) is 0.800. The number of halogens is 1. The van der Waals surface area contributed by atoms with Crippen molar-refractivity contribution in [3.05, 3.63) is 47.4 Å². The Kier molecular flexibility index (Phi) is 4.76. The summed E-state index contributed by atoms with van der Waals surface area (Å²) in [5, 5.41) is 6.55. The number of aromatic nitrogens is 2. The molecular formula is C18H21FN4O3. The molecule has 7 nitrogen and oxygen atoms in total. The molecule has 1 atom stereocenters. The van der Waals surface area contributed by atoms with Crippen LogP contribution in [0.2, 0.25) is 0 Å². The third-order valence-corrected chi connectivity index (χ3v) is 4.45. The number of carbonyl (C=O) groups excluding carboxylic acids is 2. The lowest BCUT2D eigenvalue weighted by molar-refractivity contribution is -0.131. The fourth-order valence-corrected chi connectivity index (χ4v) is 2.83. The number of nitrogens with zero attached hydrogens (tertiary/aromatic N) is 3. The maximum Gasteiger partial charge on any atom is 0.325 e. The van der Waals surface area contributed by atoms with Crippen LogP contribution in [0.15, 0.2) is 28.8 Å². The average Bonchev–Trinajstić information content (AvgIpc) is 3.12. The number of rotatable bonds is 6. The first-order chi connectivity index (χ1) is 12.3. The molecule has 0 aliphatic carbocycles. The number of aryl methyl sites for hydroxylation is 1. The number of hydrogen-bond acceptors (Lipinski definition) is 5. The molecule has 1 fully saturated rings. The van der Waals surface area contributed by atoms with Gasteiger partial charge in [-0.15, -0.1) is 0 Å². The van der Waals surface area contributed by atoms with Gasteiger partial charge in [0.2, 0.25) is 5.89 Å². The van der Waals surface area contributed by atoms with Crippen LogP contribution in [0.4, 0.5) is 9.18 Å². The first kappa shape index (κ1) is 18.0. The fraction of sp³-hybridized carbons (Fsp3) is 0.444. The van der Waals surface area contributed by atoms with E-state index in [0.717, 1.165) is 11.3 Å². The van der Waals surface area contributed by atoms with Gasteiger partial charge in [-0.1, -0.05) is 31.1 Å². The van der Waals surface area contributed by atoms with Gasteiger partial charge in [0.15, 0.2) is 5.82 Å². The van der Waals surface area contributed by atoms with Crippen molar-refractivity contribution in [2.75, 3.05) is 0 Å². The molecule has 2 aromatic rings. The summed E-state index contributed by atoms with van der Waals surface area (Å²) >= 11 is 0. The zero-order chi connectivity index (χ0) is 18.9. The zero-order valence-electron chi connectivity index (χ0n) is 15.0. The van der Waals surface area contributed by atoms with Gasteiger partial charge in [-0.25, -0.2) is 9.18 Å². The first-order valence-electron chi connectivity index (χ1n) is 8.51. The highest BCUT2D eigenvalue weighted by molar-refractivity contribution is 6.07. The Bertz CT molecular complexity index is 818. The lowest BCUT2D eigenvalue weighted by atomic mass is 9.92. The van der Waals surface area contributed by atoms with Crippen molar-refractivity contribution in [1.82, 2.24) is 20.4 Å².